The number of ether oxygens (including phenoxy) is 1. The number of hydrogen-bond donors (Lipinski definition) is 1. The molecule has 0 aromatic rings. The van der Waals surface area contributed by atoms with Crippen molar-refractivity contribution in [1.82, 2.24) is 0 Å². The maximum atomic E-state index is 5.49. The van der Waals surface area contributed by atoms with Gasteiger partial charge in [0, 0.05) is 6.42 Å². The van der Waals surface area contributed by atoms with Gasteiger partial charge in [-0.05, 0) is 18.4 Å². The molecule has 1 atom stereocenters. The van der Waals surface area contributed by atoms with Gasteiger partial charge < -0.3 is 10.5 Å². The molecule has 13 heavy (non-hydrogen) atoms. The summed E-state index contributed by atoms with van der Waals surface area (Å²) < 4.78 is 5.49. The van der Waals surface area contributed by atoms with Gasteiger partial charge >= 0.3 is 0 Å². The zero-order valence-corrected chi connectivity index (χ0v) is 8.84. The molecule has 1 heterocycles. The van der Waals surface area contributed by atoms with E-state index in [-0.39, 0.29) is 5.41 Å². The molecular formula is C10H20N2O. The lowest BCUT2D eigenvalue weighted by Crippen LogP contribution is -2.25. The third-order valence-corrected chi connectivity index (χ3v) is 2.30. The molecule has 1 aliphatic rings. The van der Waals surface area contributed by atoms with E-state index in [0.717, 1.165) is 25.3 Å². The van der Waals surface area contributed by atoms with Crippen molar-refractivity contribution in [2.24, 2.45) is 16.1 Å². The van der Waals surface area contributed by atoms with Crippen LogP contribution in [0.4, 0.5) is 0 Å². The summed E-state index contributed by atoms with van der Waals surface area (Å²) >= 11 is 0. The average Bonchev–Trinajstić information content (AvgIpc) is 2.47. The molecule has 3 heteroatoms. The Bertz CT molecular complexity index is 194. The Hall–Kier alpha value is -0.570. The van der Waals surface area contributed by atoms with Gasteiger partial charge in [-0.1, -0.05) is 20.8 Å². The lowest BCUT2D eigenvalue weighted by atomic mass is 9.88. The molecule has 1 unspecified atom stereocenters. The zero-order valence-electron chi connectivity index (χ0n) is 8.84. The van der Waals surface area contributed by atoms with Gasteiger partial charge in [0.1, 0.15) is 6.61 Å². The highest BCUT2D eigenvalue weighted by molar-refractivity contribution is 5.77. The highest BCUT2D eigenvalue weighted by Gasteiger charge is 2.29. The summed E-state index contributed by atoms with van der Waals surface area (Å²) in [5, 5.41) is 0. The van der Waals surface area contributed by atoms with Crippen LogP contribution in [0.5, 0.6) is 0 Å². The molecule has 0 aromatic heterocycles. The molecule has 0 bridgehead atoms. The van der Waals surface area contributed by atoms with E-state index < -0.39 is 0 Å². The van der Waals surface area contributed by atoms with Crippen LogP contribution in [0.15, 0.2) is 4.99 Å². The topological polar surface area (TPSA) is 47.6 Å². The Morgan fingerprint density at radius 2 is 2.23 bits per heavy atom. The Morgan fingerprint density at radius 1 is 1.54 bits per heavy atom. The molecule has 0 saturated heterocycles. The van der Waals surface area contributed by atoms with Crippen molar-refractivity contribution >= 4 is 5.90 Å². The van der Waals surface area contributed by atoms with Gasteiger partial charge in [-0.25, -0.2) is 4.99 Å². The lowest BCUT2D eigenvalue weighted by molar-refractivity contribution is 0.233. The van der Waals surface area contributed by atoms with Crippen LogP contribution in [0.2, 0.25) is 0 Å². The van der Waals surface area contributed by atoms with Crippen molar-refractivity contribution in [3.63, 3.8) is 0 Å². The van der Waals surface area contributed by atoms with E-state index in [1.807, 2.05) is 0 Å². The molecule has 0 aromatic carbocycles. The number of nitrogens with two attached hydrogens (primary N) is 1. The van der Waals surface area contributed by atoms with E-state index >= 15 is 0 Å². The molecule has 0 spiro atoms. The third-order valence-electron chi connectivity index (χ3n) is 2.30. The summed E-state index contributed by atoms with van der Waals surface area (Å²) in [4.78, 5) is 4.54. The van der Waals surface area contributed by atoms with E-state index in [1.54, 1.807) is 0 Å². The maximum absolute atomic E-state index is 5.49. The minimum Gasteiger partial charge on any atom is -0.479 e. The van der Waals surface area contributed by atoms with E-state index in [0.29, 0.717) is 12.6 Å². The van der Waals surface area contributed by atoms with Crippen LogP contribution >= 0.6 is 0 Å². The SMILES string of the molecule is CC(C)(C)C1COC(CCCN)=N1. The second kappa shape index (κ2) is 4.09. The summed E-state index contributed by atoms with van der Waals surface area (Å²) in [6.07, 6.45) is 1.86. The van der Waals surface area contributed by atoms with Gasteiger partial charge in [0.15, 0.2) is 5.90 Å². The average molecular weight is 184 g/mol. The highest BCUT2D eigenvalue weighted by Crippen LogP contribution is 2.26. The molecule has 0 saturated carbocycles. The molecule has 76 valence electrons. The molecule has 0 amide bonds. The van der Waals surface area contributed by atoms with Crippen LogP contribution < -0.4 is 5.73 Å². The molecule has 1 rings (SSSR count). The smallest absolute Gasteiger partial charge is 0.183 e. The van der Waals surface area contributed by atoms with Gasteiger partial charge in [0.2, 0.25) is 0 Å². The van der Waals surface area contributed by atoms with Crippen LogP contribution in [-0.4, -0.2) is 25.1 Å². The largest absolute Gasteiger partial charge is 0.479 e. The Labute approximate surface area is 80.4 Å². The van der Waals surface area contributed by atoms with E-state index in [4.69, 9.17) is 10.5 Å². The number of rotatable bonds is 3. The standard InChI is InChI=1S/C10H20N2O/c1-10(2,3)8-7-13-9(12-8)5-4-6-11/h8H,4-7,11H2,1-3H3. The lowest BCUT2D eigenvalue weighted by Gasteiger charge is -2.21. The monoisotopic (exact) mass is 184 g/mol. The number of hydrogen-bond acceptors (Lipinski definition) is 3. The summed E-state index contributed by atoms with van der Waals surface area (Å²) in [5.74, 6) is 0.894. The molecule has 0 radical (unpaired) electrons. The van der Waals surface area contributed by atoms with Crippen molar-refractivity contribution < 1.29 is 4.74 Å². The van der Waals surface area contributed by atoms with Crippen LogP contribution in [0.1, 0.15) is 33.6 Å². The Balaban J connectivity index is 2.44. The molecule has 1 aliphatic heterocycles. The van der Waals surface area contributed by atoms with Crippen molar-refractivity contribution in [1.29, 1.82) is 0 Å². The molecule has 3 nitrogen and oxygen atoms in total. The first-order valence-electron chi connectivity index (χ1n) is 4.93. The van der Waals surface area contributed by atoms with Crippen molar-refractivity contribution in [2.45, 2.75) is 39.7 Å². The first kappa shape index (κ1) is 10.5. The summed E-state index contributed by atoms with van der Waals surface area (Å²) in [6, 6.07) is 0.320. The first-order valence-corrected chi connectivity index (χ1v) is 4.93. The fourth-order valence-corrected chi connectivity index (χ4v) is 1.26. The predicted octanol–water partition coefficient (Wildman–Crippen LogP) is 1.57. The molecule has 0 aliphatic carbocycles. The predicted molar refractivity (Wildman–Crippen MR) is 54.9 cm³/mol. The Kier molecular flexibility index (Phi) is 3.31. The van der Waals surface area contributed by atoms with Crippen molar-refractivity contribution in [2.75, 3.05) is 13.2 Å². The van der Waals surface area contributed by atoms with Crippen molar-refractivity contribution in [3.8, 4) is 0 Å². The minimum atomic E-state index is 0.213. The molecule has 2 N–H and O–H groups in total. The zero-order chi connectivity index (χ0) is 9.90. The van der Waals surface area contributed by atoms with Crippen LogP contribution in [0.3, 0.4) is 0 Å². The van der Waals surface area contributed by atoms with Crippen LogP contribution in [0.25, 0.3) is 0 Å². The summed E-state index contributed by atoms with van der Waals surface area (Å²) in [6.45, 7) is 8.02. The highest BCUT2D eigenvalue weighted by atomic mass is 16.5. The second-order valence-corrected chi connectivity index (χ2v) is 4.61. The number of aliphatic imine (C=N–C) groups is 1. The van der Waals surface area contributed by atoms with Gasteiger partial charge in [-0.3, -0.25) is 0 Å². The second-order valence-electron chi connectivity index (χ2n) is 4.61. The quantitative estimate of drug-likeness (QED) is 0.723. The Morgan fingerprint density at radius 3 is 2.69 bits per heavy atom. The van der Waals surface area contributed by atoms with Crippen LogP contribution in [0, 0.1) is 5.41 Å². The summed E-state index contributed by atoms with van der Waals surface area (Å²) in [7, 11) is 0. The normalized spacial score (nSPS) is 22.8. The fourth-order valence-electron chi connectivity index (χ4n) is 1.26. The minimum absolute atomic E-state index is 0.213. The van der Waals surface area contributed by atoms with E-state index in [9.17, 15) is 0 Å². The molecular weight excluding hydrogens is 164 g/mol. The maximum Gasteiger partial charge on any atom is 0.183 e. The summed E-state index contributed by atoms with van der Waals surface area (Å²) in [5.41, 5.74) is 5.63. The van der Waals surface area contributed by atoms with E-state index in [2.05, 4.69) is 25.8 Å². The van der Waals surface area contributed by atoms with Gasteiger partial charge in [-0.2, -0.15) is 0 Å². The van der Waals surface area contributed by atoms with Gasteiger partial charge in [0.25, 0.3) is 0 Å². The van der Waals surface area contributed by atoms with E-state index in [1.165, 1.54) is 0 Å². The fraction of sp³-hybridized carbons (Fsp3) is 0.900. The van der Waals surface area contributed by atoms with Gasteiger partial charge in [0.05, 0.1) is 6.04 Å². The number of nitrogens with zero attached hydrogens (tertiary/aromatic N) is 1. The third kappa shape index (κ3) is 2.99. The first-order chi connectivity index (χ1) is 6.04. The van der Waals surface area contributed by atoms with Crippen LogP contribution in [-0.2, 0) is 4.74 Å². The van der Waals surface area contributed by atoms with Gasteiger partial charge in [-0.15, -0.1) is 0 Å². The van der Waals surface area contributed by atoms with Crippen molar-refractivity contribution in [3.05, 3.63) is 0 Å². The molecule has 0 fully saturated rings.